The molecule has 20 heavy (non-hydrogen) atoms. The SMILES string of the molecule is CCOC(=O)c1ccc(N(C)CC(C)C(=O)NC)nc1. The minimum absolute atomic E-state index is 0.0139. The van der Waals surface area contributed by atoms with E-state index in [0.717, 1.165) is 0 Å². The fraction of sp³-hybridized carbons (Fsp3) is 0.500. The molecular formula is C14H21N3O3. The van der Waals surface area contributed by atoms with Crippen LogP contribution >= 0.6 is 0 Å². The van der Waals surface area contributed by atoms with Crippen molar-refractivity contribution in [3.8, 4) is 0 Å². The first-order chi connectivity index (χ1) is 9.49. The second-order valence-corrected chi connectivity index (χ2v) is 4.52. The lowest BCUT2D eigenvalue weighted by Gasteiger charge is -2.21. The van der Waals surface area contributed by atoms with Gasteiger partial charge in [0, 0.05) is 26.8 Å². The molecule has 1 rings (SSSR count). The summed E-state index contributed by atoms with van der Waals surface area (Å²) in [5.74, 6) is 0.165. The van der Waals surface area contributed by atoms with Gasteiger partial charge in [-0.05, 0) is 19.1 Å². The molecule has 1 atom stereocenters. The minimum atomic E-state index is -0.382. The van der Waals surface area contributed by atoms with Crippen LogP contribution in [0, 0.1) is 5.92 Å². The average Bonchev–Trinajstić information content (AvgIpc) is 2.46. The Balaban J connectivity index is 2.68. The van der Waals surface area contributed by atoms with E-state index < -0.39 is 0 Å². The average molecular weight is 279 g/mol. The van der Waals surface area contributed by atoms with Crippen molar-refractivity contribution < 1.29 is 14.3 Å². The van der Waals surface area contributed by atoms with Crippen molar-refractivity contribution in [2.75, 3.05) is 32.1 Å². The fourth-order valence-electron chi connectivity index (χ4n) is 1.78. The van der Waals surface area contributed by atoms with E-state index in [9.17, 15) is 9.59 Å². The number of esters is 1. The normalized spacial score (nSPS) is 11.6. The molecule has 0 aromatic carbocycles. The van der Waals surface area contributed by atoms with E-state index in [0.29, 0.717) is 24.5 Å². The number of nitrogens with zero attached hydrogens (tertiary/aromatic N) is 2. The summed E-state index contributed by atoms with van der Waals surface area (Å²) >= 11 is 0. The zero-order chi connectivity index (χ0) is 15.1. The van der Waals surface area contributed by atoms with E-state index in [4.69, 9.17) is 4.74 Å². The number of aromatic nitrogens is 1. The van der Waals surface area contributed by atoms with Crippen molar-refractivity contribution >= 4 is 17.7 Å². The van der Waals surface area contributed by atoms with E-state index in [2.05, 4.69) is 10.3 Å². The Morgan fingerprint density at radius 1 is 1.45 bits per heavy atom. The number of hydrogen-bond donors (Lipinski definition) is 1. The van der Waals surface area contributed by atoms with Crippen molar-refractivity contribution in [3.63, 3.8) is 0 Å². The molecule has 1 aromatic heterocycles. The summed E-state index contributed by atoms with van der Waals surface area (Å²) in [4.78, 5) is 29.1. The summed E-state index contributed by atoms with van der Waals surface area (Å²) in [6, 6.07) is 3.41. The number of amides is 1. The van der Waals surface area contributed by atoms with Gasteiger partial charge in [-0.25, -0.2) is 9.78 Å². The van der Waals surface area contributed by atoms with Crippen LogP contribution in [-0.4, -0.2) is 44.1 Å². The molecule has 0 saturated carbocycles. The maximum atomic E-state index is 11.5. The molecule has 110 valence electrons. The number of hydrogen-bond acceptors (Lipinski definition) is 5. The van der Waals surface area contributed by atoms with Gasteiger partial charge in [-0.3, -0.25) is 4.79 Å². The van der Waals surface area contributed by atoms with Crippen LogP contribution in [0.15, 0.2) is 18.3 Å². The first kappa shape index (κ1) is 15.9. The molecule has 0 radical (unpaired) electrons. The van der Waals surface area contributed by atoms with E-state index >= 15 is 0 Å². The largest absolute Gasteiger partial charge is 0.462 e. The minimum Gasteiger partial charge on any atom is -0.462 e. The molecule has 0 fully saturated rings. The topological polar surface area (TPSA) is 71.5 Å². The third-order valence-corrected chi connectivity index (χ3v) is 2.89. The lowest BCUT2D eigenvalue weighted by atomic mass is 10.1. The lowest BCUT2D eigenvalue weighted by molar-refractivity contribution is -0.123. The van der Waals surface area contributed by atoms with Crippen molar-refractivity contribution in [2.45, 2.75) is 13.8 Å². The highest BCUT2D eigenvalue weighted by atomic mass is 16.5. The second-order valence-electron chi connectivity index (χ2n) is 4.52. The quantitative estimate of drug-likeness (QED) is 0.789. The number of nitrogens with one attached hydrogen (secondary N) is 1. The molecule has 1 aromatic rings. The molecule has 0 spiro atoms. The Bertz CT molecular complexity index is 459. The number of carbonyl (C=O) groups is 2. The summed E-state index contributed by atoms with van der Waals surface area (Å²) in [7, 11) is 3.47. The molecule has 1 heterocycles. The Kier molecular flexibility index (Phi) is 5.96. The second kappa shape index (κ2) is 7.47. The van der Waals surface area contributed by atoms with E-state index in [1.54, 1.807) is 26.1 Å². The van der Waals surface area contributed by atoms with Crippen molar-refractivity contribution in [1.29, 1.82) is 0 Å². The van der Waals surface area contributed by atoms with Crippen LogP contribution in [0.4, 0.5) is 5.82 Å². The predicted octanol–water partition coefficient (Wildman–Crippen LogP) is 1.08. The van der Waals surface area contributed by atoms with Gasteiger partial charge in [-0.15, -0.1) is 0 Å². The summed E-state index contributed by atoms with van der Waals surface area (Å²) in [5, 5.41) is 2.61. The van der Waals surface area contributed by atoms with Gasteiger partial charge in [-0.1, -0.05) is 6.92 Å². The first-order valence-electron chi connectivity index (χ1n) is 6.55. The van der Waals surface area contributed by atoms with Gasteiger partial charge in [0.05, 0.1) is 18.1 Å². The Hall–Kier alpha value is -2.11. The van der Waals surface area contributed by atoms with Crippen LogP contribution in [0.2, 0.25) is 0 Å². The van der Waals surface area contributed by atoms with Gasteiger partial charge in [0.2, 0.25) is 5.91 Å². The summed E-state index contributed by atoms with van der Waals surface area (Å²) in [6.45, 7) is 4.49. The Morgan fingerprint density at radius 2 is 2.15 bits per heavy atom. The zero-order valence-electron chi connectivity index (χ0n) is 12.3. The molecule has 1 N–H and O–H groups in total. The van der Waals surface area contributed by atoms with Gasteiger partial charge < -0.3 is 15.0 Å². The maximum absolute atomic E-state index is 11.5. The van der Waals surface area contributed by atoms with Crippen molar-refractivity contribution in [2.24, 2.45) is 5.92 Å². The van der Waals surface area contributed by atoms with Crippen LogP contribution in [0.25, 0.3) is 0 Å². The Morgan fingerprint density at radius 3 is 2.65 bits per heavy atom. The van der Waals surface area contributed by atoms with Crippen LogP contribution in [-0.2, 0) is 9.53 Å². The van der Waals surface area contributed by atoms with Gasteiger partial charge in [-0.2, -0.15) is 0 Å². The zero-order valence-corrected chi connectivity index (χ0v) is 12.3. The van der Waals surface area contributed by atoms with Gasteiger partial charge in [0.15, 0.2) is 0 Å². The number of anilines is 1. The predicted molar refractivity (Wildman–Crippen MR) is 76.7 cm³/mol. The monoisotopic (exact) mass is 279 g/mol. The highest BCUT2D eigenvalue weighted by Gasteiger charge is 2.15. The van der Waals surface area contributed by atoms with Crippen LogP contribution < -0.4 is 10.2 Å². The molecule has 0 bridgehead atoms. The smallest absolute Gasteiger partial charge is 0.339 e. The molecule has 6 nitrogen and oxygen atoms in total. The number of pyridine rings is 1. The van der Waals surface area contributed by atoms with Crippen LogP contribution in [0.1, 0.15) is 24.2 Å². The van der Waals surface area contributed by atoms with Gasteiger partial charge >= 0.3 is 5.97 Å². The molecule has 0 saturated heterocycles. The number of rotatable bonds is 6. The van der Waals surface area contributed by atoms with Crippen molar-refractivity contribution in [1.82, 2.24) is 10.3 Å². The summed E-state index contributed by atoms with van der Waals surface area (Å²) in [5.41, 5.74) is 0.420. The van der Waals surface area contributed by atoms with Gasteiger partial charge in [0.25, 0.3) is 0 Å². The van der Waals surface area contributed by atoms with E-state index in [1.165, 1.54) is 6.20 Å². The molecule has 6 heteroatoms. The van der Waals surface area contributed by atoms with Crippen LogP contribution in [0.5, 0.6) is 0 Å². The standard InChI is InChI=1S/C14H21N3O3/c1-5-20-14(19)11-6-7-12(16-8-11)17(4)9-10(2)13(18)15-3/h6-8,10H,5,9H2,1-4H3,(H,15,18). The lowest BCUT2D eigenvalue weighted by Crippen LogP contribution is -2.34. The van der Waals surface area contributed by atoms with E-state index in [-0.39, 0.29) is 17.8 Å². The molecule has 0 aliphatic carbocycles. The molecular weight excluding hydrogens is 258 g/mol. The number of carbonyl (C=O) groups excluding carboxylic acids is 2. The van der Waals surface area contributed by atoms with Crippen LogP contribution in [0.3, 0.4) is 0 Å². The third kappa shape index (κ3) is 4.22. The van der Waals surface area contributed by atoms with Gasteiger partial charge in [0.1, 0.15) is 5.82 Å². The van der Waals surface area contributed by atoms with Crippen molar-refractivity contribution in [3.05, 3.63) is 23.9 Å². The first-order valence-corrected chi connectivity index (χ1v) is 6.55. The highest BCUT2D eigenvalue weighted by Crippen LogP contribution is 2.12. The molecule has 1 unspecified atom stereocenters. The third-order valence-electron chi connectivity index (χ3n) is 2.89. The molecule has 1 amide bonds. The number of ether oxygens (including phenoxy) is 1. The highest BCUT2D eigenvalue weighted by molar-refractivity contribution is 5.89. The fourth-order valence-corrected chi connectivity index (χ4v) is 1.78. The Labute approximate surface area is 119 Å². The summed E-state index contributed by atoms with van der Waals surface area (Å²) < 4.78 is 4.89. The van der Waals surface area contributed by atoms with E-state index in [1.807, 2.05) is 18.9 Å². The molecule has 0 aliphatic rings. The summed E-state index contributed by atoms with van der Waals surface area (Å²) in [6.07, 6.45) is 1.48. The maximum Gasteiger partial charge on any atom is 0.339 e. The molecule has 0 aliphatic heterocycles.